The van der Waals surface area contributed by atoms with Gasteiger partial charge in [-0.3, -0.25) is 9.11 Å². The Kier molecular flexibility index (Phi) is 8.26. The Morgan fingerprint density at radius 3 is 2.54 bits per heavy atom. The number of nitrogens with zero attached hydrogens (tertiary/aromatic N) is 2. The highest BCUT2D eigenvalue weighted by Gasteiger charge is 2.28. The lowest BCUT2D eigenvalue weighted by atomic mass is 10.1. The molecule has 2 N–H and O–H groups in total. The highest BCUT2D eigenvalue weighted by Crippen LogP contribution is 2.40. The lowest BCUT2D eigenvalue weighted by Crippen LogP contribution is -2.36. The first-order valence-electron chi connectivity index (χ1n) is 13.1. The molecule has 2 aromatic heterocycles. The van der Waals surface area contributed by atoms with Crippen LogP contribution in [0.3, 0.4) is 0 Å². The lowest BCUT2D eigenvalue weighted by molar-refractivity contribution is -0.667. The van der Waals surface area contributed by atoms with Crippen molar-refractivity contribution in [2.24, 2.45) is 0 Å². The molecule has 218 valence electrons. The number of aryl methyl sites for hydroxylation is 2. The molecule has 1 aliphatic rings. The maximum atomic E-state index is 11.4. The van der Waals surface area contributed by atoms with Crippen molar-refractivity contribution in [3.05, 3.63) is 70.8 Å². The Bertz CT molecular complexity index is 1890. The summed E-state index contributed by atoms with van der Waals surface area (Å²) in [5.41, 5.74) is 4.44. The van der Waals surface area contributed by atoms with Crippen LogP contribution in [0.4, 0.5) is 5.69 Å². The number of rotatable bonds is 11. The minimum atomic E-state index is -4.10. The summed E-state index contributed by atoms with van der Waals surface area (Å²) in [4.78, 5) is 1.91. The molecule has 0 amide bonds. The molecule has 0 radical (unpaired) electrons. The Hall–Kier alpha value is -3.23. The molecule has 0 bridgehead atoms. The van der Waals surface area contributed by atoms with Crippen LogP contribution in [0.5, 0.6) is 5.75 Å². The molecule has 10 nitrogen and oxygen atoms in total. The number of fused-ring (bicyclic) bond motifs is 4. The molecule has 13 heteroatoms. The second-order valence-electron chi connectivity index (χ2n) is 9.90. The van der Waals surface area contributed by atoms with Crippen molar-refractivity contribution in [2.75, 3.05) is 23.0 Å². The van der Waals surface area contributed by atoms with Crippen LogP contribution in [0.2, 0.25) is 0 Å². The van der Waals surface area contributed by atoms with Crippen LogP contribution in [-0.2, 0) is 26.8 Å². The molecule has 0 aliphatic carbocycles. The van der Waals surface area contributed by atoms with Gasteiger partial charge in [0.15, 0.2) is 12.3 Å². The lowest BCUT2D eigenvalue weighted by Gasteiger charge is -2.18. The normalized spacial score (nSPS) is 15.3. The van der Waals surface area contributed by atoms with E-state index in [1.165, 1.54) is 0 Å². The monoisotopic (exact) mass is 619 g/mol. The molecule has 0 spiro atoms. The van der Waals surface area contributed by atoms with Crippen molar-refractivity contribution in [3.8, 4) is 5.75 Å². The predicted octanol–water partition coefficient (Wildman–Crippen LogP) is 5.33. The Morgan fingerprint density at radius 1 is 1.05 bits per heavy atom. The van der Waals surface area contributed by atoms with Gasteiger partial charge in [0.05, 0.1) is 28.8 Å². The molecule has 0 fully saturated rings. The molecule has 3 heterocycles. The molecule has 0 atom stereocenters. The molecular formula is C28H31N2O8S3+. The number of ether oxygens (including phenoxy) is 1. The third-order valence-corrected chi connectivity index (χ3v) is 9.51. The Balaban J connectivity index is 1.55. The second kappa shape index (κ2) is 11.6. The van der Waals surface area contributed by atoms with Gasteiger partial charge in [-0.2, -0.15) is 21.4 Å². The molecule has 1 aliphatic heterocycles. The van der Waals surface area contributed by atoms with Crippen molar-refractivity contribution >= 4 is 64.5 Å². The van der Waals surface area contributed by atoms with E-state index in [-0.39, 0.29) is 24.3 Å². The first kappa shape index (κ1) is 29.3. The van der Waals surface area contributed by atoms with E-state index in [0.717, 1.165) is 43.0 Å². The fourth-order valence-corrected chi connectivity index (χ4v) is 7.07. The number of aromatic nitrogens is 1. The quantitative estimate of drug-likeness (QED) is 0.168. The third-order valence-electron chi connectivity index (χ3n) is 6.80. The molecule has 0 saturated heterocycles. The average Bonchev–Trinajstić information content (AvgIpc) is 3.58. The van der Waals surface area contributed by atoms with E-state index in [2.05, 4.69) is 4.57 Å². The third kappa shape index (κ3) is 6.81. The zero-order valence-electron chi connectivity index (χ0n) is 22.6. The summed E-state index contributed by atoms with van der Waals surface area (Å²) in [5.74, 6) is 0.498. The van der Waals surface area contributed by atoms with Crippen molar-refractivity contribution in [1.29, 1.82) is 0 Å². The summed E-state index contributed by atoms with van der Waals surface area (Å²) >= 11 is 1.56. The molecule has 0 unspecified atom stereocenters. The zero-order chi connectivity index (χ0) is 29.4. The largest absolute Gasteiger partial charge is 0.464 e. The number of hydrogen-bond acceptors (Lipinski definition) is 8. The minimum Gasteiger partial charge on any atom is -0.464 e. The van der Waals surface area contributed by atoms with Crippen LogP contribution in [0.1, 0.15) is 36.8 Å². The van der Waals surface area contributed by atoms with E-state index in [9.17, 15) is 25.9 Å². The minimum absolute atomic E-state index is 0.211. The standard InChI is InChI=1S/C28H30N2O8S3/c1-3-20(17-26-29(11-4-14-40(31,32)33)22-16-19(2)6-7-24(22)38-26)18-27-30(12-5-15-41(34,35)36)28-21-10-13-37-23(21)8-9-25(28)39-27/h6-10,13,16-18H,3-5,11-12,14-15H2,1-2H3,(H-,31,32,33,34,35,36)/p+1. The van der Waals surface area contributed by atoms with Crippen molar-refractivity contribution in [2.45, 2.75) is 39.7 Å². The molecule has 4 aromatic rings. The fourth-order valence-electron chi connectivity index (χ4n) is 4.90. The molecular weight excluding hydrogens is 589 g/mol. The first-order valence-corrected chi connectivity index (χ1v) is 17.2. The van der Waals surface area contributed by atoms with Gasteiger partial charge in [0, 0.05) is 25.1 Å². The number of thiazole rings is 1. The maximum absolute atomic E-state index is 11.4. The highest BCUT2D eigenvalue weighted by molar-refractivity contribution is 7.86. The van der Waals surface area contributed by atoms with Gasteiger partial charge < -0.3 is 14.1 Å². The summed E-state index contributed by atoms with van der Waals surface area (Å²) in [5, 5.41) is 1.80. The van der Waals surface area contributed by atoms with Crippen molar-refractivity contribution < 1.29 is 39.7 Å². The summed E-state index contributed by atoms with van der Waals surface area (Å²) in [6.45, 7) is 4.68. The smallest absolute Gasteiger partial charge is 0.265 e. The first-order chi connectivity index (χ1) is 19.4. The fraction of sp³-hybridized carbons (Fsp3) is 0.321. The number of hydrogen-bond donors (Lipinski definition) is 2. The van der Waals surface area contributed by atoms with Crippen LogP contribution in [0, 0.1) is 6.92 Å². The predicted molar refractivity (Wildman–Crippen MR) is 159 cm³/mol. The van der Waals surface area contributed by atoms with E-state index in [4.69, 9.17) is 9.15 Å². The summed E-state index contributed by atoms with van der Waals surface area (Å²) < 4.78 is 78.9. The molecule has 41 heavy (non-hydrogen) atoms. The van der Waals surface area contributed by atoms with Crippen LogP contribution in [0.25, 0.3) is 27.3 Å². The highest BCUT2D eigenvalue weighted by atomic mass is 32.2. The zero-order valence-corrected chi connectivity index (χ0v) is 25.1. The van der Waals surface area contributed by atoms with Crippen molar-refractivity contribution in [3.63, 3.8) is 0 Å². The van der Waals surface area contributed by atoms with Gasteiger partial charge in [-0.15, -0.1) is 0 Å². The van der Waals surface area contributed by atoms with Crippen molar-refractivity contribution in [1.82, 2.24) is 0 Å². The van der Waals surface area contributed by atoms with E-state index in [0.29, 0.717) is 31.1 Å². The van der Waals surface area contributed by atoms with Crippen LogP contribution in [-0.4, -0.2) is 44.0 Å². The Morgan fingerprint density at radius 2 is 1.80 bits per heavy atom. The maximum Gasteiger partial charge on any atom is 0.265 e. The topological polar surface area (TPSA) is 138 Å². The van der Waals surface area contributed by atoms with Gasteiger partial charge >= 0.3 is 0 Å². The van der Waals surface area contributed by atoms with Crippen LogP contribution < -0.4 is 14.2 Å². The number of benzene rings is 2. The average molecular weight is 620 g/mol. The van der Waals surface area contributed by atoms with E-state index < -0.39 is 20.2 Å². The summed E-state index contributed by atoms with van der Waals surface area (Å²) in [6.07, 6.45) is 6.67. The SMILES string of the molecule is CCC(/C=C1\Oc2ccc(C)cc2N1CCCS(=O)(=O)O)=C\c1sc2ccc3occc3c2[n+]1CCCS(=O)(=O)O. The van der Waals surface area contributed by atoms with Gasteiger partial charge in [0.1, 0.15) is 10.3 Å². The molecule has 2 aromatic carbocycles. The van der Waals surface area contributed by atoms with Gasteiger partial charge in [-0.25, -0.2) is 0 Å². The van der Waals surface area contributed by atoms with Gasteiger partial charge in [0.2, 0.25) is 11.4 Å². The second-order valence-corrected chi connectivity index (χ2v) is 14.1. The van der Waals surface area contributed by atoms with E-state index in [1.54, 1.807) is 17.6 Å². The van der Waals surface area contributed by atoms with Gasteiger partial charge in [0.25, 0.3) is 25.2 Å². The summed E-state index contributed by atoms with van der Waals surface area (Å²) in [7, 11) is -8.19. The number of anilines is 1. The number of allylic oxidation sites excluding steroid dienone is 2. The van der Waals surface area contributed by atoms with Gasteiger partial charge in [-0.1, -0.05) is 24.3 Å². The van der Waals surface area contributed by atoms with Gasteiger partial charge in [-0.05, 0) is 61.2 Å². The molecule has 0 saturated carbocycles. The summed E-state index contributed by atoms with van der Waals surface area (Å²) in [6, 6.07) is 11.6. The molecule has 5 rings (SSSR count). The van der Waals surface area contributed by atoms with Crippen LogP contribution in [0.15, 0.2) is 64.6 Å². The number of furan rings is 1. The van der Waals surface area contributed by atoms with E-state index >= 15 is 0 Å². The van der Waals surface area contributed by atoms with Crippen LogP contribution >= 0.6 is 11.3 Å². The Labute approximate surface area is 242 Å². The van der Waals surface area contributed by atoms with E-state index in [1.807, 2.05) is 67.3 Å².